The first kappa shape index (κ1) is 23.3. The average Bonchev–Trinajstić information content (AvgIpc) is 2.67. The van der Waals surface area contributed by atoms with Gasteiger partial charge in [0.1, 0.15) is 47.3 Å². The third-order valence-corrected chi connectivity index (χ3v) is 5.02. The molecule has 170 valence electrons. The number of hydrogen-bond acceptors (Lipinski definition) is 10. The van der Waals surface area contributed by atoms with Gasteiger partial charge in [-0.05, 0) is 25.5 Å². The Labute approximate surface area is 177 Å². The molecule has 6 atom stereocenters. The molecule has 2 heterocycles. The predicted octanol–water partition coefficient (Wildman–Crippen LogP) is -0.837. The van der Waals surface area contributed by atoms with E-state index in [1.165, 1.54) is 25.1 Å². The Morgan fingerprint density at radius 1 is 1.16 bits per heavy atom. The third-order valence-electron chi connectivity index (χ3n) is 5.02. The van der Waals surface area contributed by atoms with Crippen LogP contribution in [0.2, 0.25) is 0 Å². The number of carbonyl (C=O) groups excluding carboxylic acids is 1. The molecule has 3 rings (SSSR count). The highest BCUT2D eigenvalue weighted by Gasteiger charge is 2.44. The van der Waals surface area contributed by atoms with Crippen molar-refractivity contribution in [2.24, 2.45) is 0 Å². The first-order chi connectivity index (χ1) is 14.6. The summed E-state index contributed by atoms with van der Waals surface area (Å²) in [5.41, 5.74) is 0.0985. The van der Waals surface area contributed by atoms with Gasteiger partial charge in [-0.3, -0.25) is 9.59 Å². The molecule has 1 fully saturated rings. The van der Waals surface area contributed by atoms with E-state index in [0.29, 0.717) is 11.3 Å². The predicted molar refractivity (Wildman–Crippen MR) is 107 cm³/mol. The maximum atomic E-state index is 12.5. The molecule has 1 aromatic carbocycles. The minimum absolute atomic E-state index is 0.0745. The van der Waals surface area contributed by atoms with Gasteiger partial charge in [0.2, 0.25) is 6.29 Å². The zero-order valence-corrected chi connectivity index (χ0v) is 17.1. The van der Waals surface area contributed by atoms with E-state index in [-0.39, 0.29) is 40.8 Å². The zero-order valence-electron chi connectivity index (χ0n) is 17.1. The number of aryl methyl sites for hydroxylation is 1. The highest BCUT2D eigenvalue weighted by atomic mass is 16.7. The molecule has 5 N–H and O–H groups in total. The molecular weight excluding hydrogens is 412 g/mol. The van der Waals surface area contributed by atoms with E-state index in [0.717, 1.165) is 0 Å². The lowest BCUT2D eigenvalue weighted by Gasteiger charge is -2.39. The average molecular weight is 438 g/mol. The highest BCUT2D eigenvalue weighted by molar-refractivity contribution is 5.89. The topological polar surface area (TPSA) is 167 Å². The molecular formula is C21H26O10. The number of carbonyl (C=O) groups is 1. The lowest BCUT2D eigenvalue weighted by atomic mass is 9.99. The van der Waals surface area contributed by atoms with Gasteiger partial charge >= 0.3 is 0 Å². The molecule has 0 bridgehead atoms. The smallest absolute Gasteiger partial charge is 0.229 e. The number of ether oxygens (including phenoxy) is 2. The third kappa shape index (κ3) is 5.12. The standard InChI is InChI=1S/C21H26O10/c1-9(23)3-12(24)5-11-6-13(7-15-17(11)14(25)4-10(2)29-15)30-21-20(28)19(27)18(26)16(8-22)31-21/h4,6-7,9,16,18-23,26-28H,3,5,8H2,1-2H3/t9-,16+,18+,19-,20+,21+/m0/s1. The van der Waals surface area contributed by atoms with Crippen molar-refractivity contribution >= 4 is 16.8 Å². The van der Waals surface area contributed by atoms with Crippen molar-refractivity contribution in [3.05, 3.63) is 39.7 Å². The quantitative estimate of drug-likeness (QED) is 0.368. The fourth-order valence-electron chi connectivity index (χ4n) is 3.59. The Morgan fingerprint density at radius 2 is 1.87 bits per heavy atom. The van der Waals surface area contributed by atoms with Gasteiger partial charge in [0.25, 0.3) is 0 Å². The number of benzene rings is 1. The minimum atomic E-state index is -1.63. The van der Waals surface area contributed by atoms with Crippen molar-refractivity contribution in [2.45, 2.75) is 63.5 Å². The molecule has 31 heavy (non-hydrogen) atoms. The second-order valence-electron chi connectivity index (χ2n) is 7.76. The summed E-state index contributed by atoms with van der Waals surface area (Å²) in [6.45, 7) is 2.45. The summed E-state index contributed by atoms with van der Waals surface area (Å²) in [5.74, 6) is 0.107. The molecule has 1 saturated heterocycles. The summed E-state index contributed by atoms with van der Waals surface area (Å²) in [6, 6.07) is 4.09. The Morgan fingerprint density at radius 3 is 2.52 bits per heavy atom. The van der Waals surface area contributed by atoms with Crippen molar-refractivity contribution in [1.29, 1.82) is 0 Å². The highest BCUT2D eigenvalue weighted by Crippen LogP contribution is 2.29. The molecule has 0 aliphatic carbocycles. The van der Waals surface area contributed by atoms with Crippen LogP contribution in [0.1, 0.15) is 24.7 Å². The number of rotatable bonds is 7. The van der Waals surface area contributed by atoms with Crippen LogP contribution >= 0.6 is 0 Å². The normalized spacial score (nSPS) is 27.3. The Balaban J connectivity index is 1.99. The van der Waals surface area contributed by atoms with E-state index < -0.39 is 43.4 Å². The number of fused-ring (bicyclic) bond motifs is 1. The van der Waals surface area contributed by atoms with Crippen LogP contribution < -0.4 is 10.2 Å². The van der Waals surface area contributed by atoms with Crippen molar-refractivity contribution in [3.8, 4) is 5.75 Å². The van der Waals surface area contributed by atoms with Gasteiger partial charge in [0, 0.05) is 25.0 Å². The van der Waals surface area contributed by atoms with Crippen molar-refractivity contribution < 1.29 is 44.2 Å². The Bertz CT molecular complexity index is 996. The van der Waals surface area contributed by atoms with E-state index >= 15 is 0 Å². The summed E-state index contributed by atoms with van der Waals surface area (Å²) >= 11 is 0. The van der Waals surface area contributed by atoms with Gasteiger partial charge in [-0.1, -0.05) is 0 Å². The van der Waals surface area contributed by atoms with E-state index in [4.69, 9.17) is 13.9 Å². The van der Waals surface area contributed by atoms with Crippen LogP contribution in [-0.4, -0.2) is 74.7 Å². The van der Waals surface area contributed by atoms with Gasteiger partial charge < -0.3 is 39.4 Å². The van der Waals surface area contributed by atoms with Crippen LogP contribution in [0.4, 0.5) is 0 Å². The molecule has 10 nitrogen and oxygen atoms in total. The number of Topliss-reactive ketones (excluding diaryl/α,β-unsaturated/α-hetero) is 1. The van der Waals surface area contributed by atoms with Crippen molar-refractivity contribution in [3.63, 3.8) is 0 Å². The monoisotopic (exact) mass is 438 g/mol. The molecule has 1 aromatic heterocycles. The molecule has 1 aliphatic heterocycles. The second-order valence-corrected chi connectivity index (χ2v) is 7.76. The van der Waals surface area contributed by atoms with E-state index in [2.05, 4.69) is 0 Å². The lowest BCUT2D eigenvalue weighted by molar-refractivity contribution is -0.277. The van der Waals surface area contributed by atoms with Crippen LogP contribution in [-0.2, 0) is 16.0 Å². The largest absolute Gasteiger partial charge is 0.462 e. The Kier molecular flexibility index (Phi) is 7.10. The summed E-state index contributed by atoms with van der Waals surface area (Å²) in [6.07, 6.45) is -8.49. The first-order valence-electron chi connectivity index (χ1n) is 9.85. The van der Waals surface area contributed by atoms with Crippen LogP contribution in [0.5, 0.6) is 5.75 Å². The fourth-order valence-corrected chi connectivity index (χ4v) is 3.59. The molecule has 0 unspecified atom stereocenters. The lowest BCUT2D eigenvalue weighted by Crippen LogP contribution is -2.60. The Hall–Kier alpha value is -2.34. The number of aliphatic hydroxyl groups is 5. The number of aliphatic hydroxyl groups excluding tert-OH is 5. The van der Waals surface area contributed by atoms with Gasteiger partial charge in [-0.25, -0.2) is 0 Å². The van der Waals surface area contributed by atoms with Crippen molar-refractivity contribution in [2.75, 3.05) is 6.61 Å². The molecule has 10 heteroatoms. The van der Waals surface area contributed by atoms with E-state index in [1.807, 2.05) is 0 Å². The number of ketones is 1. The first-order valence-corrected chi connectivity index (χ1v) is 9.85. The van der Waals surface area contributed by atoms with Crippen LogP contribution in [0.25, 0.3) is 11.0 Å². The fraction of sp³-hybridized carbons (Fsp3) is 0.524. The van der Waals surface area contributed by atoms with Crippen LogP contribution in [0.15, 0.2) is 27.4 Å². The van der Waals surface area contributed by atoms with Gasteiger partial charge in [-0.15, -0.1) is 0 Å². The number of hydrogen-bond donors (Lipinski definition) is 5. The minimum Gasteiger partial charge on any atom is -0.462 e. The van der Waals surface area contributed by atoms with Crippen molar-refractivity contribution in [1.82, 2.24) is 0 Å². The maximum absolute atomic E-state index is 12.5. The molecule has 0 saturated carbocycles. The molecule has 0 spiro atoms. The summed E-state index contributed by atoms with van der Waals surface area (Å²) in [5, 5.41) is 49.0. The SMILES string of the molecule is Cc1cc(=O)c2c(CC(=O)C[C@H](C)O)cc(O[C@@H]3O[C@H](CO)[C@@H](O)[C@H](O)[C@H]3O)cc2o1. The summed E-state index contributed by atoms with van der Waals surface area (Å²) in [7, 11) is 0. The maximum Gasteiger partial charge on any atom is 0.229 e. The molecule has 0 amide bonds. The molecule has 2 aromatic rings. The van der Waals surface area contributed by atoms with E-state index in [9.17, 15) is 35.1 Å². The molecule has 0 radical (unpaired) electrons. The zero-order chi connectivity index (χ0) is 22.9. The van der Waals surface area contributed by atoms with E-state index in [1.54, 1.807) is 6.92 Å². The summed E-state index contributed by atoms with van der Waals surface area (Å²) in [4.78, 5) is 24.8. The van der Waals surface area contributed by atoms with Crippen LogP contribution in [0, 0.1) is 6.92 Å². The van der Waals surface area contributed by atoms with Gasteiger partial charge in [-0.2, -0.15) is 0 Å². The van der Waals surface area contributed by atoms with Crippen LogP contribution in [0.3, 0.4) is 0 Å². The summed E-state index contributed by atoms with van der Waals surface area (Å²) < 4.78 is 16.6. The van der Waals surface area contributed by atoms with Gasteiger partial charge in [0.15, 0.2) is 5.43 Å². The molecule has 1 aliphatic rings. The van der Waals surface area contributed by atoms with Gasteiger partial charge in [0.05, 0.1) is 18.1 Å². The second kappa shape index (κ2) is 9.43.